The van der Waals surface area contributed by atoms with Gasteiger partial charge in [0.1, 0.15) is 6.10 Å². The molecule has 0 saturated carbocycles. The van der Waals surface area contributed by atoms with Gasteiger partial charge in [0.2, 0.25) is 0 Å². The Morgan fingerprint density at radius 1 is 1.13 bits per heavy atom. The van der Waals surface area contributed by atoms with Gasteiger partial charge in [-0.3, -0.25) is 0 Å². The monoisotopic (exact) mass is 341 g/mol. The van der Waals surface area contributed by atoms with E-state index in [1.54, 1.807) is 31.3 Å². The minimum Gasteiger partial charge on any atom is -0.446 e. The molecule has 1 rings (SSSR count). The summed E-state index contributed by atoms with van der Waals surface area (Å²) in [5, 5.41) is 0. The second kappa shape index (κ2) is 7.81. The standard InChI is InChI=1S/C17H27NO4S/c1-12(2)11-13(3)22-17(19)18(5)14(4)15-7-9-16(10-8-15)23(6,20)21/h7-10,12-14H,11H2,1-6H3/t13-,14-/m0/s1. The maximum atomic E-state index is 12.2. The van der Waals surface area contributed by atoms with Crippen LogP contribution in [0.2, 0.25) is 0 Å². The van der Waals surface area contributed by atoms with E-state index < -0.39 is 9.84 Å². The number of carbonyl (C=O) groups excluding carboxylic acids is 1. The smallest absolute Gasteiger partial charge is 0.410 e. The molecule has 0 radical (unpaired) electrons. The molecule has 6 heteroatoms. The predicted octanol–water partition coefficient (Wildman–Crippen LogP) is 3.65. The summed E-state index contributed by atoms with van der Waals surface area (Å²) in [7, 11) is -1.53. The molecule has 0 saturated heterocycles. The molecule has 2 atom stereocenters. The van der Waals surface area contributed by atoms with Gasteiger partial charge < -0.3 is 9.64 Å². The molecular weight excluding hydrogens is 314 g/mol. The molecule has 0 N–H and O–H groups in total. The average molecular weight is 341 g/mol. The van der Waals surface area contributed by atoms with Crippen molar-refractivity contribution in [3.05, 3.63) is 29.8 Å². The summed E-state index contributed by atoms with van der Waals surface area (Å²) in [6.45, 7) is 7.93. The molecule has 130 valence electrons. The Kier molecular flexibility index (Phi) is 6.62. The molecule has 0 aliphatic heterocycles. The van der Waals surface area contributed by atoms with E-state index in [0.717, 1.165) is 12.0 Å². The van der Waals surface area contributed by atoms with Gasteiger partial charge in [-0.2, -0.15) is 0 Å². The number of amides is 1. The maximum absolute atomic E-state index is 12.2. The molecule has 0 spiro atoms. The molecule has 0 aliphatic carbocycles. The normalized spacial score (nSPS) is 14.4. The third-order valence-corrected chi connectivity index (χ3v) is 4.89. The van der Waals surface area contributed by atoms with Gasteiger partial charge in [-0.05, 0) is 43.9 Å². The molecule has 0 aromatic heterocycles. The Bertz CT molecular complexity index is 622. The highest BCUT2D eigenvalue weighted by atomic mass is 32.2. The number of sulfone groups is 1. The molecule has 5 nitrogen and oxygen atoms in total. The van der Waals surface area contributed by atoms with Crippen LogP contribution < -0.4 is 0 Å². The molecule has 0 heterocycles. The first kappa shape index (κ1) is 19.5. The first-order valence-corrected chi connectivity index (χ1v) is 9.65. The van der Waals surface area contributed by atoms with Gasteiger partial charge in [0.15, 0.2) is 9.84 Å². The number of ether oxygens (including phenoxy) is 1. The van der Waals surface area contributed by atoms with Crippen LogP contribution in [0.4, 0.5) is 4.79 Å². The van der Waals surface area contributed by atoms with Crippen molar-refractivity contribution in [3.63, 3.8) is 0 Å². The Labute approximate surface area is 139 Å². The van der Waals surface area contributed by atoms with Gasteiger partial charge in [-0.15, -0.1) is 0 Å². The van der Waals surface area contributed by atoms with Crippen molar-refractivity contribution in [2.45, 2.75) is 51.2 Å². The van der Waals surface area contributed by atoms with Crippen LogP contribution in [-0.4, -0.2) is 38.8 Å². The SMILES string of the molecule is CC(C)C[C@H](C)OC(=O)N(C)[C@@H](C)c1ccc(S(C)(=O)=O)cc1. The minimum absolute atomic E-state index is 0.134. The molecule has 0 aliphatic rings. The van der Waals surface area contributed by atoms with Crippen LogP contribution in [0.25, 0.3) is 0 Å². The summed E-state index contributed by atoms with van der Waals surface area (Å²) in [6.07, 6.45) is 1.48. The van der Waals surface area contributed by atoms with Crippen LogP contribution in [0.3, 0.4) is 0 Å². The lowest BCUT2D eigenvalue weighted by Gasteiger charge is -2.27. The fraction of sp³-hybridized carbons (Fsp3) is 0.588. The van der Waals surface area contributed by atoms with E-state index in [0.29, 0.717) is 5.92 Å². The summed E-state index contributed by atoms with van der Waals surface area (Å²) < 4.78 is 28.4. The lowest BCUT2D eigenvalue weighted by Crippen LogP contribution is -2.32. The zero-order chi connectivity index (χ0) is 17.8. The fourth-order valence-electron chi connectivity index (χ4n) is 2.34. The molecule has 1 amide bonds. The first-order valence-electron chi connectivity index (χ1n) is 7.75. The average Bonchev–Trinajstić information content (AvgIpc) is 2.43. The Morgan fingerprint density at radius 3 is 2.09 bits per heavy atom. The van der Waals surface area contributed by atoms with Crippen LogP contribution in [0, 0.1) is 5.92 Å². The highest BCUT2D eigenvalue weighted by Crippen LogP contribution is 2.22. The molecule has 1 aromatic carbocycles. The van der Waals surface area contributed by atoms with Gasteiger partial charge in [0.05, 0.1) is 10.9 Å². The molecule has 0 unspecified atom stereocenters. The maximum Gasteiger partial charge on any atom is 0.410 e. The minimum atomic E-state index is -3.21. The number of carbonyl (C=O) groups is 1. The second-order valence-electron chi connectivity index (χ2n) is 6.45. The van der Waals surface area contributed by atoms with Crippen LogP contribution in [0.1, 0.15) is 45.7 Å². The summed E-state index contributed by atoms with van der Waals surface area (Å²) in [6, 6.07) is 6.36. The summed E-state index contributed by atoms with van der Waals surface area (Å²) in [5.74, 6) is 0.462. The molecule has 0 bridgehead atoms. The van der Waals surface area contributed by atoms with Crippen molar-refractivity contribution in [2.75, 3.05) is 13.3 Å². The lowest BCUT2D eigenvalue weighted by atomic mass is 10.1. The van der Waals surface area contributed by atoms with E-state index in [-0.39, 0.29) is 23.1 Å². The second-order valence-corrected chi connectivity index (χ2v) is 8.47. The van der Waals surface area contributed by atoms with Crippen LogP contribution in [-0.2, 0) is 14.6 Å². The van der Waals surface area contributed by atoms with Crippen molar-refractivity contribution in [3.8, 4) is 0 Å². The Hall–Kier alpha value is -1.56. The third-order valence-electron chi connectivity index (χ3n) is 3.76. The van der Waals surface area contributed by atoms with Crippen LogP contribution in [0.5, 0.6) is 0 Å². The fourth-order valence-corrected chi connectivity index (χ4v) is 2.97. The van der Waals surface area contributed by atoms with E-state index in [1.165, 1.54) is 11.2 Å². The van der Waals surface area contributed by atoms with E-state index in [1.807, 2.05) is 13.8 Å². The molecular formula is C17H27NO4S. The number of rotatable bonds is 6. The van der Waals surface area contributed by atoms with Gasteiger partial charge in [0.25, 0.3) is 0 Å². The highest BCUT2D eigenvalue weighted by Gasteiger charge is 2.21. The van der Waals surface area contributed by atoms with Crippen molar-refractivity contribution in [1.29, 1.82) is 0 Å². The van der Waals surface area contributed by atoms with Gasteiger partial charge in [-0.1, -0.05) is 26.0 Å². The quantitative estimate of drug-likeness (QED) is 0.792. The van der Waals surface area contributed by atoms with Crippen LogP contribution >= 0.6 is 0 Å². The Balaban J connectivity index is 2.76. The zero-order valence-electron chi connectivity index (χ0n) is 14.7. The summed E-state index contributed by atoms with van der Waals surface area (Å²) >= 11 is 0. The number of benzene rings is 1. The third kappa shape index (κ3) is 5.86. The van der Waals surface area contributed by atoms with E-state index in [2.05, 4.69) is 13.8 Å². The first-order chi connectivity index (χ1) is 10.5. The van der Waals surface area contributed by atoms with Gasteiger partial charge >= 0.3 is 6.09 Å². The topological polar surface area (TPSA) is 63.7 Å². The predicted molar refractivity (Wildman–Crippen MR) is 91.1 cm³/mol. The van der Waals surface area contributed by atoms with Crippen LogP contribution in [0.15, 0.2) is 29.2 Å². The van der Waals surface area contributed by atoms with E-state index in [9.17, 15) is 13.2 Å². The van der Waals surface area contributed by atoms with Gasteiger partial charge in [0, 0.05) is 13.3 Å². The number of hydrogen-bond donors (Lipinski definition) is 0. The lowest BCUT2D eigenvalue weighted by molar-refractivity contribution is 0.0593. The Morgan fingerprint density at radius 2 is 1.65 bits per heavy atom. The van der Waals surface area contributed by atoms with E-state index >= 15 is 0 Å². The van der Waals surface area contributed by atoms with Crippen molar-refractivity contribution < 1.29 is 17.9 Å². The van der Waals surface area contributed by atoms with Gasteiger partial charge in [-0.25, -0.2) is 13.2 Å². The summed E-state index contributed by atoms with van der Waals surface area (Å²) in [4.78, 5) is 14.0. The number of hydrogen-bond acceptors (Lipinski definition) is 4. The van der Waals surface area contributed by atoms with Crippen molar-refractivity contribution >= 4 is 15.9 Å². The zero-order valence-corrected chi connectivity index (χ0v) is 15.6. The molecule has 1 aromatic rings. The molecule has 0 fully saturated rings. The summed E-state index contributed by atoms with van der Waals surface area (Å²) in [5.41, 5.74) is 0.855. The highest BCUT2D eigenvalue weighted by molar-refractivity contribution is 7.90. The van der Waals surface area contributed by atoms with Crippen molar-refractivity contribution in [2.24, 2.45) is 5.92 Å². The number of nitrogens with zero attached hydrogens (tertiary/aromatic N) is 1. The molecule has 23 heavy (non-hydrogen) atoms. The van der Waals surface area contributed by atoms with Crippen molar-refractivity contribution in [1.82, 2.24) is 4.90 Å². The van der Waals surface area contributed by atoms with E-state index in [4.69, 9.17) is 4.74 Å². The largest absolute Gasteiger partial charge is 0.446 e.